The van der Waals surface area contributed by atoms with Crippen molar-refractivity contribution in [3.63, 3.8) is 0 Å². The summed E-state index contributed by atoms with van der Waals surface area (Å²) in [6, 6.07) is 30.4. The van der Waals surface area contributed by atoms with Crippen LogP contribution in [0.2, 0.25) is 0 Å². The van der Waals surface area contributed by atoms with Crippen LogP contribution in [0.25, 0.3) is 6.08 Å². The highest BCUT2D eigenvalue weighted by atomic mass is 32.2. The van der Waals surface area contributed by atoms with Gasteiger partial charge in [0.2, 0.25) is 5.91 Å². The first kappa shape index (κ1) is 41.6. The van der Waals surface area contributed by atoms with Crippen molar-refractivity contribution in [3.05, 3.63) is 158 Å². The average Bonchev–Trinajstić information content (AvgIpc) is 3.57. The molecule has 1 heterocycles. The minimum atomic E-state index is -0.761. The topological polar surface area (TPSA) is 157 Å². The summed E-state index contributed by atoms with van der Waals surface area (Å²) in [4.78, 5) is 67.7. The molecule has 0 saturated heterocycles. The molecule has 0 aliphatic heterocycles. The van der Waals surface area contributed by atoms with Gasteiger partial charge >= 0.3 is 5.97 Å². The first-order chi connectivity index (χ1) is 27.8. The van der Waals surface area contributed by atoms with Gasteiger partial charge in [-0.15, -0.1) is 23.1 Å². The summed E-state index contributed by atoms with van der Waals surface area (Å²) in [6.45, 7) is 8.65. The highest BCUT2D eigenvalue weighted by Gasteiger charge is 2.35. The molecular formula is C45H44N4O7S2. The second kappa shape index (κ2) is 18.5. The average molecular weight is 817 g/mol. The number of esters is 1. The number of nitro groups is 1. The molecule has 13 heteroatoms. The molecule has 4 aromatic carbocycles. The van der Waals surface area contributed by atoms with Crippen molar-refractivity contribution in [1.82, 2.24) is 5.32 Å². The summed E-state index contributed by atoms with van der Waals surface area (Å²) in [5.41, 5.74) is 2.50. The van der Waals surface area contributed by atoms with Gasteiger partial charge in [-0.1, -0.05) is 87.5 Å². The van der Waals surface area contributed by atoms with Gasteiger partial charge in [-0.2, -0.15) is 0 Å². The molecule has 1 aliphatic carbocycles. The monoisotopic (exact) mass is 816 g/mol. The Morgan fingerprint density at radius 1 is 0.931 bits per heavy atom. The van der Waals surface area contributed by atoms with Crippen LogP contribution in [-0.2, 0) is 27.2 Å². The van der Waals surface area contributed by atoms with Crippen LogP contribution >= 0.6 is 23.1 Å². The summed E-state index contributed by atoms with van der Waals surface area (Å²) in [5, 5.41) is 20.0. The van der Waals surface area contributed by atoms with E-state index in [9.17, 15) is 29.3 Å². The van der Waals surface area contributed by atoms with Gasteiger partial charge in [-0.05, 0) is 91.1 Å². The van der Waals surface area contributed by atoms with Crippen LogP contribution in [0, 0.1) is 21.4 Å². The Morgan fingerprint density at radius 3 is 2.31 bits per heavy atom. The minimum absolute atomic E-state index is 0.0921. The van der Waals surface area contributed by atoms with Crippen molar-refractivity contribution >= 4 is 69.2 Å². The predicted molar refractivity (Wildman–Crippen MR) is 229 cm³/mol. The number of nitro benzene ring substituents is 1. The summed E-state index contributed by atoms with van der Waals surface area (Å²) in [7, 11) is 0. The molecule has 1 aromatic heterocycles. The number of para-hydroxylation sites is 1. The van der Waals surface area contributed by atoms with Crippen molar-refractivity contribution in [3.8, 4) is 0 Å². The molecule has 58 heavy (non-hydrogen) atoms. The smallest absolute Gasteiger partial charge is 0.341 e. The number of hydrogen-bond donors (Lipinski definition) is 3. The van der Waals surface area contributed by atoms with E-state index in [2.05, 4.69) is 36.7 Å². The third-order valence-corrected chi connectivity index (χ3v) is 12.3. The number of benzene rings is 4. The lowest BCUT2D eigenvalue weighted by Gasteiger charge is -2.33. The fourth-order valence-electron chi connectivity index (χ4n) is 6.77. The van der Waals surface area contributed by atoms with E-state index in [1.54, 1.807) is 61.5 Å². The number of nitrogens with one attached hydrogen (secondary N) is 3. The molecule has 298 valence electrons. The number of thioether (sulfide) groups is 1. The first-order valence-electron chi connectivity index (χ1n) is 18.9. The highest BCUT2D eigenvalue weighted by Crippen LogP contribution is 2.45. The zero-order chi connectivity index (χ0) is 41.4. The van der Waals surface area contributed by atoms with Crippen LogP contribution in [0.15, 0.2) is 120 Å². The maximum absolute atomic E-state index is 14.4. The van der Waals surface area contributed by atoms with Crippen LogP contribution in [0.1, 0.15) is 81.6 Å². The molecule has 2 unspecified atom stereocenters. The summed E-state index contributed by atoms with van der Waals surface area (Å²) in [6.07, 6.45) is 3.74. The van der Waals surface area contributed by atoms with Crippen molar-refractivity contribution in [2.45, 2.75) is 57.1 Å². The van der Waals surface area contributed by atoms with Crippen molar-refractivity contribution in [2.75, 3.05) is 17.2 Å². The molecule has 3 amide bonds. The maximum Gasteiger partial charge on any atom is 0.341 e. The zero-order valence-corrected chi connectivity index (χ0v) is 34.2. The number of rotatable bonds is 13. The van der Waals surface area contributed by atoms with E-state index in [1.807, 2.05) is 36.4 Å². The number of carbonyl (C=O) groups excluding carboxylic acids is 4. The summed E-state index contributed by atoms with van der Waals surface area (Å²) >= 11 is 2.70. The molecule has 6 rings (SSSR count). The van der Waals surface area contributed by atoms with Crippen molar-refractivity contribution in [2.24, 2.45) is 11.3 Å². The Kier molecular flexibility index (Phi) is 13.2. The number of thiophene rings is 1. The van der Waals surface area contributed by atoms with E-state index in [4.69, 9.17) is 4.74 Å². The van der Waals surface area contributed by atoms with Gasteiger partial charge in [0.05, 0.1) is 22.7 Å². The second-order valence-electron chi connectivity index (χ2n) is 14.8. The quantitative estimate of drug-likeness (QED) is 0.0349. The lowest BCUT2D eigenvalue weighted by atomic mass is 9.72. The van der Waals surface area contributed by atoms with E-state index in [0.29, 0.717) is 32.6 Å². The first-order valence-corrected chi connectivity index (χ1v) is 20.6. The number of ether oxygens (including phenoxy) is 1. The Labute approximate surface area is 345 Å². The Morgan fingerprint density at radius 2 is 1.62 bits per heavy atom. The van der Waals surface area contributed by atoms with Crippen LogP contribution in [0.4, 0.5) is 16.4 Å². The third kappa shape index (κ3) is 10.1. The van der Waals surface area contributed by atoms with Crippen LogP contribution in [0.3, 0.4) is 0 Å². The van der Waals surface area contributed by atoms with E-state index in [0.717, 1.165) is 35.3 Å². The van der Waals surface area contributed by atoms with Crippen molar-refractivity contribution < 1.29 is 28.8 Å². The van der Waals surface area contributed by atoms with Gasteiger partial charge in [0.1, 0.15) is 15.9 Å². The Hall–Kier alpha value is -6.05. The Bertz CT molecular complexity index is 2350. The summed E-state index contributed by atoms with van der Waals surface area (Å²) < 4.78 is 5.48. The fraction of sp³-hybridized carbons (Fsp3) is 0.244. The molecule has 1 aliphatic rings. The second-order valence-corrected chi connectivity index (χ2v) is 17.1. The van der Waals surface area contributed by atoms with Gasteiger partial charge in [-0.3, -0.25) is 24.5 Å². The van der Waals surface area contributed by atoms with Gasteiger partial charge in [0, 0.05) is 27.1 Å². The molecule has 11 nitrogen and oxygen atoms in total. The lowest BCUT2D eigenvalue weighted by molar-refractivity contribution is -0.385. The van der Waals surface area contributed by atoms with Gasteiger partial charge in [0.15, 0.2) is 0 Å². The van der Waals surface area contributed by atoms with E-state index in [-0.39, 0.29) is 34.9 Å². The number of amides is 3. The molecule has 0 spiro atoms. The number of fused-ring (bicyclic) bond motifs is 1. The molecule has 0 fully saturated rings. The normalized spacial score (nSPS) is 14.4. The lowest BCUT2D eigenvalue weighted by Crippen LogP contribution is -2.30. The zero-order valence-electron chi connectivity index (χ0n) is 32.6. The standard InChI is InChI=1S/C45H44N4O7S2/c1-5-56-44(53)38-34-24-23-31(45(2,3)4)26-37(34)58-43(38)48-42(52)39(28-15-8-6-9-16-28)57-33-21-14-20-32(27-33)46-41(51)35(47-40(50)29-17-10-7-11-18-29)25-30-19-12-13-22-36(30)49(54)55/h6-22,25,27,31,39H,5,23-24,26H2,1-4H3,(H,46,51)(H,47,50)(H,48,52)/b35-25+. The molecule has 0 radical (unpaired) electrons. The summed E-state index contributed by atoms with van der Waals surface area (Å²) in [5.74, 6) is -1.65. The fourth-order valence-corrected chi connectivity index (χ4v) is 9.17. The van der Waals surface area contributed by atoms with Gasteiger partial charge < -0.3 is 20.7 Å². The van der Waals surface area contributed by atoms with E-state index < -0.39 is 28.0 Å². The SMILES string of the molecule is CCOC(=O)c1c(NC(=O)C(Sc2cccc(NC(=O)/C(=C\c3ccccc3[N+](=O)[O-])NC(=O)c3ccccc3)c2)c2ccccc2)sc2c1CCC(C(C)(C)C)C2. The molecule has 3 N–H and O–H groups in total. The largest absolute Gasteiger partial charge is 0.462 e. The third-order valence-electron chi connectivity index (χ3n) is 9.85. The van der Waals surface area contributed by atoms with Crippen molar-refractivity contribution in [1.29, 1.82) is 0 Å². The molecule has 2 atom stereocenters. The number of carbonyl (C=O) groups is 4. The predicted octanol–water partition coefficient (Wildman–Crippen LogP) is 9.87. The number of hydrogen-bond acceptors (Lipinski definition) is 9. The number of nitrogens with zero attached hydrogens (tertiary/aromatic N) is 1. The molecule has 0 bridgehead atoms. The van der Waals surface area contributed by atoms with Gasteiger partial charge in [-0.25, -0.2) is 4.79 Å². The minimum Gasteiger partial charge on any atom is -0.462 e. The van der Waals surface area contributed by atoms with Crippen LogP contribution in [0.5, 0.6) is 0 Å². The van der Waals surface area contributed by atoms with E-state index >= 15 is 0 Å². The van der Waals surface area contributed by atoms with E-state index in [1.165, 1.54) is 47.4 Å². The van der Waals surface area contributed by atoms with Crippen LogP contribution < -0.4 is 16.0 Å². The molecule has 5 aromatic rings. The Balaban J connectivity index is 1.27. The maximum atomic E-state index is 14.4. The molecular weight excluding hydrogens is 773 g/mol. The van der Waals surface area contributed by atoms with Gasteiger partial charge in [0.25, 0.3) is 17.5 Å². The number of anilines is 2. The molecule has 0 saturated carbocycles. The van der Waals surface area contributed by atoms with Crippen LogP contribution in [-0.4, -0.2) is 35.2 Å². The highest BCUT2D eigenvalue weighted by molar-refractivity contribution is 8.00.